The minimum Gasteiger partial charge on any atom is -0.699 e. The van der Waals surface area contributed by atoms with Gasteiger partial charge in [-0.2, -0.15) is 0 Å². The molecule has 0 aliphatic carbocycles. The normalized spacial score (nSPS) is 17.2. The van der Waals surface area contributed by atoms with Crippen LogP contribution in [-0.4, -0.2) is 50.8 Å². The van der Waals surface area contributed by atoms with E-state index in [9.17, 15) is 9.18 Å². The number of nitrogens with one attached hydrogen (secondary N) is 2. The van der Waals surface area contributed by atoms with Gasteiger partial charge in [-0.3, -0.25) is 4.79 Å². The van der Waals surface area contributed by atoms with Gasteiger partial charge in [0.1, 0.15) is 11.6 Å². The molecular weight excluding hydrogens is 486 g/mol. The minimum atomic E-state index is -0.626. The van der Waals surface area contributed by atoms with Gasteiger partial charge in [-0.25, -0.2) is 4.39 Å². The summed E-state index contributed by atoms with van der Waals surface area (Å²) in [6.45, 7) is 7.27. The molecule has 6 nitrogen and oxygen atoms in total. The van der Waals surface area contributed by atoms with Crippen LogP contribution in [0.1, 0.15) is 37.3 Å². The number of ether oxygens (including phenoxy) is 2. The van der Waals surface area contributed by atoms with Gasteiger partial charge in [-0.1, -0.05) is 49.7 Å². The van der Waals surface area contributed by atoms with E-state index < -0.39 is 11.9 Å². The molecule has 2 aromatic carbocycles. The van der Waals surface area contributed by atoms with Gasteiger partial charge in [0, 0.05) is 65.4 Å². The number of aryl methyl sites for hydroxylation is 1. The van der Waals surface area contributed by atoms with E-state index in [2.05, 4.69) is 0 Å². The van der Waals surface area contributed by atoms with Crippen LogP contribution in [0.4, 0.5) is 10.1 Å². The smallest absolute Gasteiger partial charge is 0.221 e. The second-order valence-corrected chi connectivity index (χ2v) is 7.00. The fraction of sp³-hybridized carbons (Fsp3) is 0.458. The molecule has 1 fully saturated rings. The van der Waals surface area contributed by atoms with Crippen LogP contribution < -0.4 is 4.74 Å². The number of nitrogens with zero attached hydrogens (tertiary/aromatic N) is 1. The van der Waals surface area contributed by atoms with E-state index in [4.69, 9.17) is 20.9 Å². The maximum absolute atomic E-state index is 14.2. The first kappa shape index (κ1) is 30.5. The van der Waals surface area contributed by atoms with E-state index >= 15 is 0 Å². The maximum Gasteiger partial charge on any atom is 0.221 e. The first-order chi connectivity index (χ1) is 14.8. The van der Waals surface area contributed by atoms with Crippen LogP contribution in [-0.2, 0) is 42.2 Å². The number of rotatable bonds is 5. The fourth-order valence-electron chi connectivity index (χ4n) is 3.15. The number of piperidine rings is 1. The summed E-state index contributed by atoms with van der Waals surface area (Å²) in [6.07, 6.45) is 0.111. The third kappa shape index (κ3) is 9.53. The molecule has 2 atom stereocenters. The SMILES string of the molecule is CC.COCCN1CC(c2ccc(OC)cc2F)C([NH-])CC1=O.Cc1ccc([NH-])cc1.[Y]. The predicted octanol–water partition coefficient (Wildman–Crippen LogP) is 5.92. The van der Waals surface area contributed by atoms with Gasteiger partial charge in [0.15, 0.2) is 0 Å². The van der Waals surface area contributed by atoms with Crippen molar-refractivity contribution in [2.24, 2.45) is 0 Å². The number of methoxy groups -OCH3 is 2. The zero-order chi connectivity index (χ0) is 23.4. The van der Waals surface area contributed by atoms with Gasteiger partial charge >= 0.3 is 0 Å². The molecule has 1 aliphatic rings. The second kappa shape index (κ2) is 16.1. The van der Waals surface area contributed by atoms with Crippen LogP contribution in [0.2, 0.25) is 0 Å². The number of likely N-dealkylation sites (tertiary alicyclic amines) is 1. The van der Waals surface area contributed by atoms with Crippen molar-refractivity contribution in [3.05, 3.63) is 70.9 Å². The Labute approximate surface area is 216 Å². The van der Waals surface area contributed by atoms with E-state index in [-0.39, 0.29) is 51.0 Å². The molecule has 1 saturated heterocycles. The summed E-state index contributed by atoms with van der Waals surface area (Å²) in [5.74, 6) is -0.346. The zero-order valence-electron chi connectivity index (χ0n) is 19.7. The second-order valence-electron chi connectivity index (χ2n) is 7.00. The van der Waals surface area contributed by atoms with Gasteiger partial charge in [0.25, 0.3) is 0 Å². The van der Waals surface area contributed by atoms with Gasteiger partial charge < -0.3 is 25.8 Å². The number of carbonyl (C=O) groups excluding carboxylic acids is 1. The van der Waals surface area contributed by atoms with Gasteiger partial charge in [-0.05, 0) is 24.5 Å². The number of hydrogen-bond donors (Lipinski definition) is 0. The zero-order valence-corrected chi connectivity index (χ0v) is 22.5. The Kier molecular flexibility index (Phi) is 15.4. The molecule has 1 heterocycles. The molecule has 0 aromatic heterocycles. The maximum atomic E-state index is 14.2. The summed E-state index contributed by atoms with van der Waals surface area (Å²) in [5.41, 5.74) is 17.4. The van der Waals surface area contributed by atoms with E-state index in [1.807, 2.05) is 32.9 Å². The van der Waals surface area contributed by atoms with Gasteiger partial charge in [-0.15, -0.1) is 11.7 Å². The third-order valence-electron chi connectivity index (χ3n) is 4.87. The van der Waals surface area contributed by atoms with Crippen molar-refractivity contribution >= 4 is 11.6 Å². The first-order valence-electron chi connectivity index (χ1n) is 10.4. The molecule has 2 aromatic rings. The van der Waals surface area contributed by atoms with Gasteiger partial charge in [0.2, 0.25) is 5.91 Å². The van der Waals surface area contributed by atoms with Crippen LogP contribution in [0, 0.1) is 12.7 Å². The Bertz CT molecular complexity index is 785. The standard InChI is InChI=1S/C15H20FN2O3.C7H8N.C2H6.Y/c1-20-6-5-18-9-12(14(17)8-15(18)19)11-4-3-10(21-2)7-13(11)16;1-6-2-4-7(8)5-3-6;1-2;/h3-4,7,12,14,17H,5-6,8-9H2,1-2H3;2-5,8H,1H3;1-2H3;/q2*-1;;. The number of carbonyl (C=O) groups is 1. The molecule has 2 N–H and O–H groups in total. The molecule has 3 rings (SSSR count). The summed E-state index contributed by atoms with van der Waals surface area (Å²) in [4.78, 5) is 13.6. The molecule has 2 unspecified atom stereocenters. The molecule has 0 spiro atoms. The molecule has 0 saturated carbocycles. The average Bonchev–Trinajstić information content (AvgIpc) is 2.77. The molecule has 1 radical (unpaired) electrons. The number of benzene rings is 2. The first-order valence-corrected chi connectivity index (χ1v) is 10.4. The summed E-state index contributed by atoms with van der Waals surface area (Å²) in [6, 6.07) is 11.5. The van der Waals surface area contributed by atoms with Crippen molar-refractivity contribution < 1.29 is 51.4 Å². The molecule has 0 bridgehead atoms. The Balaban J connectivity index is 0.000000734. The quantitative estimate of drug-likeness (QED) is 0.491. The van der Waals surface area contributed by atoms with Crippen LogP contribution in [0.25, 0.3) is 11.5 Å². The Morgan fingerprint density at radius 3 is 2.25 bits per heavy atom. The number of hydrogen-bond acceptors (Lipinski definition) is 3. The van der Waals surface area contributed by atoms with Crippen LogP contribution >= 0.6 is 0 Å². The average molecular weight is 520 g/mol. The Morgan fingerprint density at radius 1 is 1.12 bits per heavy atom. The van der Waals surface area contributed by atoms with Crippen molar-refractivity contribution in [1.82, 2.24) is 4.90 Å². The van der Waals surface area contributed by atoms with Crippen molar-refractivity contribution in [2.45, 2.75) is 39.2 Å². The number of halogens is 1. The van der Waals surface area contributed by atoms with E-state index in [1.54, 1.807) is 36.3 Å². The summed E-state index contributed by atoms with van der Waals surface area (Å²) >= 11 is 0. The van der Waals surface area contributed by atoms with Crippen LogP contribution in [0.3, 0.4) is 0 Å². The van der Waals surface area contributed by atoms with Crippen LogP contribution in [0.5, 0.6) is 5.75 Å². The van der Waals surface area contributed by atoms with Crippen molar-refractivity contribution in [3.63, 3.8) is 0 Å². The van der Waals surface area contributed by atoms with E-state index in [1.165, 1.54) is 18.7 Å². The summed E-state index contributed by atoms with van der Waals surface area (Å²) < 4.78 is 24.2. The largest absolute Gasteiger partial charge is 0.699 e. The Morgan fingerprint density at radius 2 is 1.75 bits per heavy atom. The van der Waals surface area contributed by atoms with Crippen LogP contribution in [0.15, 0.2) is 42.5 Å². The van der Waals surface area contributed by atoms with Crippen molar-refractivity contribution in [3.8, 4) is 5.75 Å². The molecule has 1 aliphatic heterocycles. The van der Waals surface area contributed by atoms with E-state index in [0.29, 0.717) is 36.7 Å². The summed E-state index contributed by atoms with van der Waals surface area (Å²) in [7, 11) is 3.05. The van der Waals surface area contributed by atoms with Crippen molar-refractivity contribution in [1.29, 1.82) is 0 Å². The van der Waals surface area contributed by atoms with E-state index in [0.717, 1.165) is 0 Å². The summed E-state index contributed by atoms with van der Waals surface area (Å²) in [5, 5.41) is 0. The monoisotopic (exact) mass is 520 g/mol. The minimum absolute atomic E-state index is 0. The predicted molar refractivity (Wildman–Crippen MR) is 123 cm³/mol. The molecule has 32 heavy (non-hydrogen) atoms. The molecule has 1 amide bonds. The fourth-order valence-corrected chi connectivity index (χ4v) is 3.15. The molecular formula is C24H34FN3O3Y-2. The molecule has 175 valence electrons. The van der Waals surface area contributed by atoms with Crippen molar-refractivity contribution in [2.75, 3.05) is 33.9 Å². The van der Waals surface area contributed by atoms with Gasteiger partial charge in [0.05, 0.1) is 13.7 Å². The Hall–Kier alpha value is -1.54. The third-order valence-corrected chi connectivity index (χ3v) is 4.87. The molecule has 8 heteroatoms. The number of amides is 1. The topological polar surface area (TPSA) is 86.4 Å².